The van der Waals surface area contributed by atoms with E-state index in [1.54, 1.807) is 34.7 Å². The van der Waals surface area contributed by atoms with Crippen molar-refractivity contribution in [3.8, 4) is 0 Å². The number of sulfonamides is 1. The molecule has 0 unspecified atom stereocenters. The standard InChI is InChI=1S/C11H19FN2O2S/c1-6-8-10(12)9(7-14(8)5)17(15,16)13-11(2,3)4/h7,13H,6H2,1-5H3. The van der Waals surface area contributed by atoms with Gasteiger partial charge in [0.2, 0.25) is 10.0 Å². The van der Waals surface area contributed by atoms with Crippen LogP contribution in [0.2, 0.25) is 0 Å². The lowest BCUT2D eigenvalue weighted by atomic mass is 10.1. The smallest absolute Gasteiger partial charge is 0.245 e. The molecule has 1 aromatic rings. The van der Waals surface area contributed by atoms with E-state index in [1.165, 1.54) is 10.8 Å². The quantitative estimate of drug-likeness (QED) is 0.903. The van der Waals surface area contributed by atoms with Crippen molar-refractivity contribution in [2.24, 2.45) is 7.05 Å². The van der Waals surface area contributed by atoms with Gasteiger partial charge in [0.1, 0.15) is 4.90 Å². The first-order valence-electron chi connectivity index (χ1n) is 5.46. The van der Waals surface area contributed by atoms with Crippen LogP contribution in [0.25, 0.3) is 0 Å². The Morgan fingerprint density at radius 2 is 1.94 bits per heavy atom. The van der Waals surface area contributed by atoms with Gasteiger partial charge >= 0.3 is 0 Å². The molecule has 98 valence electrons. The van der Waals surface area contributed by atoms with E-state index in [4.69, 9.17) is 0 Å². The summed E-state index contributed by atoms with van der Waals surface area (Å²) in [4.78, 5) is -0.285. The Balaban J connectivity index is 3.26. The van der Waals surface area contributed by atoms with Crippen LogP contribution in [0.1, 0.15) is 33.4 Å². The minimum atomic E-state index is -3.81. The third-order valence-corrected chi connectivity index (χ3v) is 4.02. The highest BCUT2D eigenvalue weighted by Crippen LogP contribution is 2.21. The topological polar surface area (TPSA) is 51.1 Å². The molecular formula is C11H19FN2O2S. The van der Waals surface area contributed by atoms with E-state index in [1.807, 2.05) is 0 Å². The molecule has 1 rings (SSSR count). The SMILES string of the molecule is CCc1c(F)c(S(=O)(=O)NC(C)(C)C)cn1C. The van der Waals surface area contributed by atoms with Crippen LogP contribution >= 0.6 is 0 Å². The molecule has 0 aliphatic rings. The summed E-state index contributed by atoms with van der Waals surface area (Å²) in [5, 5.41) is 0. The van der Waals surface area contributed by atoms with Crippen LogP contribution in [0.4, 0.5) is 4.39 Å². The summed E-state index contributed by atoms with van der Waals surface area (Å²) in [6, 6.07) is 0. The lowest BCUT2D eigenvalue weighted by Crippen LogP contribution is -2.40. The normalized spacial score (nSPS) is 13.1. The summed E-state index contributed by atoms with van der Waals surface area (Å²) in [5.74, 6) is -0.660. The van der Waals surface area contributed by atoms with E-state index in [-0.39, 0.29) is 4.90 Å². The first-order chi connectivity index (χ1) is 7.58. The fraction of sp³-hybridized carbons (Fsp3) is 0.636. The number of nitrogens with zero attached hydrogens (tertiary/aromatic N) is 1. The number of hydrogen-bond donors (Lipinski definition) is 1. The van der Waals surface area contributed by atoms with Gasteiger partial charge in [0, 0.05) is 18.8 Å². The fourth-order valence-electron chi connectivity index (χ4n) is 1.66. The Kier molecular flexibility index (Phi) is 3.69. The van der Waals surface area contributed by atoms with E-state index in [0.29, 0.717) is 12.1 Å². The van der Waals surface area contributed by atoms with Gasteiger partial charge in [-0.25, -0.2) is 17.5 Å². The molecule has 1 heterocycles. The van der Waals surface area contributed by atoms with Gasteiger partial charge < -0.3 is 4.57 Å². The van der Waals surface area contributed by atoms with Gasteiger partial charge in [-0.15, -0.1) is 0 Å². The van der Waals surface area contributed by atoms with E-state index >= 15 is 0 Å². The van der Waals surface area contributed by atoms with Crippen LogP contribution in [0.3, 0.4) is 0 Å². The van der Waals surface area contributed by atoms with Gasteiger partial charge in [-0.2, -0.15) is 0 Å². The zero-order valence-corrected chi connectivity index (χ0v) is 11.7. The zero-order valence-electron chi connectivity index (χ0n) is 10.8. The molecule has 0 fully saturated rings. The van der Waals surface area contributed by atoms with E-state index in [9.17, 15) is 12.8 Å². The van der Waals surface area contributed by atoms with Crippen molar-refractivity contribution < 1.29 is 12.8 Å². The van der Waals surface area contributed by atoms with Gasteiger partial charge in [0.15, 0.2) is 5.82 Å². The molecule has 4 nitrogen and oxygen atoms in total. The Morgan fingerprint density at radius 3 is 2.29 bits per heavy atom. The van der Waals surface area contributed by atoms with E-state index in [2.05, 4.69) is 4.72 Å². The van der Waals surface area contributed by atoms with Crippen LogP contribution in [0, 0.1) is 5.82 Å². The molecule has 1 aromatic heterocycles. The summed E-state index contributed by atoms with van der Waals surface area (Å²) in [6.45, 7) is 6.93. The second-order valence-electron chi connectivity index (χ2n) is 5.07. The maximum absolute atomic E-state index is 13.9. The molecule has 0 spiro atoms. The van der Waals surface area contributed by atoms with Crippen molar-refractivity contribution in [2.75, 3.05) is 0 Å². The van der Waals surface area contributed by atoms with Crippen molar-refractivity contribution in [3.63, 3.8) is 0 Å². The zero-order chi connectivity index (χ0) is 13.4. The molecule has 0 aliphatic heterocycles. The van der Waals surface area contributed by atoms with E-state index < -0.39 is 21.4 Å². The van der Waals surface area contributed by atoms with Crippen LogP contribution in [0.15, 0.2) is 11.1 Å². The maximum Gasteiger partial charge on any atom is 0.245 e. The molecule has 0 aliphatic carbocycles. The highest BCUT2D eigenvalue weighted by molar-refractivity contribution is 7.89. The molecule has 1 N–H and O–H groups in total. The second kappa shape index (κ2) is 4.42. The molecule has 17 heavy (non-hydrogen) atoms. The lowest BCUT2D eigenvalue weighted by molar-refractivity contribution is 0.486. The lowest BCUT2D eigenvalue weighted by Gasteiger charge is -2.19. The molecule has 0 saturated heterocycles. The second-order valence-corrected chi connectivity index (χ2v) is 6.72. The van der Waals surface area contributed by atoms with Crippen molar-refractivity contribution >= 4 is 10.0 Å². The van der Waals surface area contributed by atoms with Crippen LogP contribution in [0.5, 0.6) is 0 Å². The van der Waals surface area contributed by atoms with Gasteiger partial charge in [0.25, 0.3) is 0 Å². The Morgan fingerprint density at radius 1 is 1.41 bits per heavy atom. The average molecular weight is 262 g/mol. The molecule has 0 saturated carbocycles. The Bertz CT molecular complexity index is 512. The number of rotatable bonds is 3. The number of aromatic nitrogens is 1. The van der Waals surface area contributed by atoms with Crippen molar-refractivity contribution in [2.45, 2.75) is 44.6 Å². The van der Waals surface area contributed by atoms with E-state index in [0.717, 1.165) is 0 Å². The van der Waals surface area contributed by atoms with Crippen molar-refractivity contribution in [3.05, 3.63) is 17.7 Å². The molecule has 0 aromatic carbocycles. The molecule has 0 bridgehead atoms. The van der Waals surface area contributed by atoms with Gasteiger partial charge in [0.05, 0.1) is 5.69 Å². The predicted molar refractivity (Wildman–Crippen MR) is 64.8 cm³/mol. The average Bonchev–Trinajstić information content (AvgIpc) is 2.38. The number of nitrogens with one attached hydrogen (secondary N) is 1. The summed E-state index contributed by atoms with van der Waals surface area (Å²) in [5.41, 5.74) is -0.243. The maximum atomic E-state index is 13.9. The number of aryl methyl sites for hydroxylation is 1. The number of hydrogen-bond acceptors (Lipinski definition) is 2. The summed E-state index contributed by atoms with van der Waals surface area (Å²) in [6.07, 6.45) is 1.76. The third-order valence-electron chi connectivity index (χ3n) is 2.27. The minimum absolute atomic E-state index is 0.285. The highest BCUT2D eigenvalue weighted by Gasteiger charge is 2.28. The minimum Gasteiger partial charge on any atom is -0.350 e. The highest BCUT2D eigenvalue weighted by atomic mass is 32.2. The summed E-state index contributed by atoms with van der Waals surface area (Å²) in [7, 11) is -2.17. The molecule has 0 amide bonds. The Labute approximate surface area is 102 Å². The van der Waals surface area contributed by atoms with Crippen LogP contribution < -0.4 is 4.72 Å². The fourth-order valence-corrected chi connectivity index (χ4v) is 3.22. The largest absolute Gasteiger partial charge is 0.350 e. The monoisotopic (exact) mass is 262 g/mol. The predicted octanol–water partition coefficient (Wildman–Crippen LogP) is 1.80. The number of halogens is 1. The van der Waals surface area contributed by atoms with Crippen molar-refractivity contribution in [1.82, 2.24) is 9.29 Å². The molecule has 0 atom stereocenters. The van der Waals surface area contributed by atoms with Crippen LogP contribution in [-0.2, 0) is 23.5 Å². The first kappa shape index (κ1) is 14.2. The van der Waals surface area contributed by atoms with Crippen LogP contribution in [-0.4, -0.2) is 18.5 Å². The summed E-state index contributed by atoms with van der Waals surface area (Å²) < 4.78 is 41.8. The molecular weight excluding hydrogens is 243 g/mol. The first-order valence-corrected chi connectivity index (χ1v) is 6.94. The van der Waals surface area contributed by atoms with Gasteiger partial charge in [-0.1, -0.05) is 6.92 Å². The molecule has 6 heteroatoms. The Hall–Kier alpha value is -0.880. The van der Waals surface area contributed by atoms with Gasteiger partial charge in [-0.3, -0.25) is 0 Å². The summed E-state index contributed by atoms with van der Waals surface area (Å²) >= 11 is 0. The van der Waals surface area contributed by atoms with Crippen molar-refractivity contribution in [1.29, 1.82) is 0 Å². The molecule has 0 radical (unpaired) electrons. The van der Waals surface area contributed by atoms with Gasteiger partial charge in [-0.05, 0) is 27.2 Å². The third kappa shape index (κ3) is 3.07.